The van der Waals surface area contributed by atoms with E-state index < -0.39 is 19.8 Å². The fourth-order valence-electron chi connectivity index (χ4n) is 2.22. The van der Waals surface area contributed by atoms with Crippen LogP contribution in [0, 0.1) is 13.8 Å². The number of halogens is 4. The normalized spacial score (nSPS) is 15.5. The fraction of sp³-hybridized carbons (Fsp3) is 0.294. The minimum absolute atomic E-state index is 0.166. The summed E-state index contributed by atoms with van der Waals surface area (Å²) in [5.74, 6) is 0. The molecule has 1 N–H and O–H groups in total. The first-order chi connectivity index (χ1) is 11.5. The Hall–Kier alpha value is -1.49. The van der Waals surface area contributed by atoms with Crippen LogP contribution in [0.5, 0.6) is 0 Å². The van der Waals surface area contributed by atoms with Gasteiger partial charge in [-0.05, 0) is 54.8 Å². The second kappa shape index (κ2) is 7.40. The van der Waals surface area contributed by atoms with Gasteiger partial charge in [0.15, 0.2) is 6.10 Å². The molecule has 25 heavy (non-hydrogen) atoms. The largest absolute Gasteiger partial charge is 0.419 e. The molecule has 2 aromatic rings. The average molecular weight is 392 g/mol. The predicted molar refractivity (Wildman–Crippen MR) is 94.4 cm³/mol. The summed E-state index contributed by atoms with van der Waals surface area (Å²) in [4.78, 5) is 0. The molecule has 0 saturated heterocycles. The van der Waals surface area contributed by atoms with E-state index in [-0.39, 0.29) is 5.56 Å². The summed E-state index contributed by atoms with van der Waals surface area (Å²) in [5.41, 5.74) is 2.22. The lowest BCUT2D eigenvalue weighted by molar-refractivity contribution is -0.197. The molecule has 0 amide bonds. The second-order valence-corrected chi connectivity index (χ2v) is 8.40. The van der Waals surface area contributed by atoms with E-state index in [0.29, 0.717) is 10.7 Å². The van der Waals surface area contributed by atoms with Gasteiger partial charge in [-0.3, -0.25) is 9.09 Å². The van der Waals surface area contributed by atoms with Crippen LogP contribution in [0.3, 0.4) is 0 Å². The number of aryl methyl sites for hydroxylation is 2. The van der Waals surface area contributed by atoms with Gasteiger partial charge in [-0.2, -0.15) is 13.2 Å². The molecular weight excluding hydrogens is 374 g/mol. The average Bonchev–Trinajstić information content (AvgIpc) is 2.48. The van der Waals surface area contributed by atoms with Crippen molar-refractivity contribution in [3.8, 4) is 0 Å². The zero-order valence-corrected chi connectivity index (χ0v) is 15.5. The van der Waals surface area contributed by atoms with Crippen LogP contribution in [0.25, 0.3) is 0 Å². The summed E-state index contributed by atoms with van der Waals surface area (Å²) in [6, 6.07) is 10.2. The van der Waals surface area contributed by atoms with Crippen LogP contribution in [0.4, 0.5) is 18.9 Å². The highest BCUT2D eigenvalue weighted by atomic mass is 35.5. The number of nitrogens with one attached hydrogen (secondary N) is 1. The molecule has 0 spiro atoms. The third kappa shape index (κ3) is 5.50. The lowest BCUT2D eigenvalue weighted by Crippen LogP contribution is -2.23. The van der Waals surface area contributed by atoms with E-state index in [1.54, 1.807) is 18.2 Å². The van der Waals surface area contributed by atoms with E-state index >= 15 is 0 Å². The third-order valence-corrected chi connectivity index (χ3v) is 5.15. The Morgan fingerprint density at radius 3 is 2.20 bits per heavy atom. The molecule has 0 aliphatic carbocycles. The molecule has 8 heteroatoms. The van der Waals surface area contributed by atoms with E-state index in [4.69, 9.17) is 16.1 Å². The van der Waals surface area contributed by atoms with Gasteiger partial charge in [0.1, 0.15) is 0 Å². The Morgan fingerprint density at radius 2 is 1.68 bits per heavy atom. The SMILES string of the molecule is Cc1ccc(NP(C)(=O)OC(c2ccc(Cl)cc2)C(F)(F)F)cc1C. The Labute approximate surface area is 149 Å². The summed E-state index contributed by atoms with van der Waals surface area (Å²) < 4.78 is 57.8. The van der Waals surface area contributed by atoms with Crippen LogP contribution < -0.4 is 5.09 Å². The zero-order chi connectivity index (χ0) is 18.8. The number of benzene rings is 2. The topological polar surface area (TPSA) is 38.3 Å². The van der Waals surface area contributed by atoms with Gasteiger partial charge in [-0.1, -0.05) is 29.8 Å². The van der Waals surface area contributed by atoms with Gasteiger partial charge < -0.3 is 5.09 Å². The first-order valence-electron chi connectivity index (χ1n) is 7.41. The van der Waals surface area contributed by atoms with Gasteiger partial charge in [-0.15, -0.1) is 0 Å². The minimum atomic E-state index is -4.72. The van der Waals surface area contributed by atoms with E-state index in [2.05, 4.69) is 5.09 Å². The molecular formula is C17H18ClF3NO2P. The van der Waals surface area contributed by atoms with E-state index in [1.807, 2.05) is 13.8 Å². The summed E-state index contributed by atoms with van der Waals surface area (Å²) in [6.07, 6.45) is -7.04. The molecule has 2 rings (SSSR count). The quantitative estimate of drug-likeness (QED) is 0.590. The fourth-order valence-corrected chi connectivity index (χ4v) is 3.65. The van der Waals surface area contributed by atoms with Crippen LogP contribution in [-0.4, -0.2) is 12.8 Å². The zero-order valence-electron chi connectivity index (χ0n) is 13.9. The molecule has 3 nitrogen and oxygen atoms in total. The predicted octanol–water partition coefficient (Wildman–Crippen LogP) is 6.51. The molecule has 0 aliphatic rings. The van der Waals surface area contributed by atoms with Crippen molar-refractivity contribution in [3.63, 3.8) is 0 Å². The van der Waals surface area contributed by atoms with Crippen LogP contribution in [0.15, 0.2) is 42.5 Å². The van der Waals surface area contributed by atoms with E-state index in [1.165, 1.54) is 24.3 Å². The van der Waals surface area contributed by atoms with Crippen molar-refractivity contribution >= 4 is 24.8 Å². The molecule has 0 aliphatic heterocycles. The molecule has 136 valence electrons. The van der Waals surface area contributed by atoms with Crippen molar-refractivity contribution in [2.75, 3.05) is 11.8 Å². The van der Waals surface area contributed by atoms with Crippen LogP contribution in [0.2, 0.25) is 5.02 Å². The van der Waals surface area contributed by atoms with Gasteiger partial charge in [0.05, 0.1) is 0 Å². The highest BCUT2D eigenvalue weighted by molar-refractivity contribution is 7.59. The molecule has 0 aromatic heterocycles. The Balaban J connectivity index is 2.25. The van der Waals surface area contributed by atoms with Gasteiger partial charge >= 0.3 is 6.18 Å². The number of anilines is 1. The van der Waals surface area contributed by atoms with Crippen LogP contribution in [-0.2, 0) is 9.09 Å². The first-order valence-corrected chi connectivity index (χ1v) is 9.86. The van der Waals surface area contributed by atoms with Crippen molar-refractivity contribution in [2.24, 2.45) is 0 Å². The maximum Gasteiger partial charge on any atom is 0.419 e. The lowest BCUT2D eigenvalue weighted by Gasteiger charge is -2.26. The van der Waals surface area contributed by atoms with Crippen LogP contribution in [0.1, 0.15) is 22.8 Å². The van der Waals surface area contributed by atoms with Crippen molar-refractivity contribution in [1.29, 1.82) is 0 Å². The molecule has 2 aromatic carbocycles. The van der Waals surface area contributed by atoms with Crippen LogP contribution >= 0.6 is 19.1 Å². The number of hydrogen-bond donors (Lipinski definition) is 1. The second-order valence-electron chi connectivity index (χ2n) is 5.84. The highest BCUT2D eigenvalue weighted by Crippen LogP contribution is 2.51. The highest BCUT2D eigenvalue weighted by Gasteiger charge is 2.45. The third-order valence-electron chi connectivity index (χ3n) is 3.62. The maximum absolute atomic E-state index is 13.4. The van der Waals surface area contributed by atoms with Crippen molar-refractivity contribution in [3.05, 3.63) is 64.2 Å². The molecule has 0 bridgehead atoms. The smallest absolute Gasteiger partial charge is 0.316 e. The molecule has 2 atom stereocenters. The monoisotopic (exact) mass is 391 g/mol. The van der Waals surface area contributed by atoms with Crippen molar-refractivity contribution < 1.29 is 22.3 Å². The number of alkyl halides is 3. The van der Waals surface area contributed by atoms with Gasteiger partial charge in [-0.25, -0.2) is 0 Å². The van der Waals surface area contributed by atoms with Crippen molar-refractivity contribution in [2.45, 2.75) is 26.1 Å². The van der Waals surface area contributed by atoms with Gasteiger partial charge in [0.25, 0.3) is 7.52 Å². The van der Waals surface area contributed by atoms with Gasteiger partial charge in [0, 0.05) is 17.4 Å². The van der Waals surface area contributed by atoms with E-state index in [0.717, 1.165) is 17.8 Å². The molecule has 0 saturated carbocycles. The van der Waals surface area contributed by atoms with Gasteiger partial charge in [0.2, 0.25) is 0 Å². The summed E-state index contributed by atoms with van der Waals surface area (Å²) in [7, 11) is -3.78. The minimum Gasteiger partial charge on any atom is -0.316 e. The molecule has 0 radical (unpaired) electrons. The molecule has 0 fully saturated rings. The summed E-state index contributed by atoms with van der Waals surface area (Å²) in [5, 5.41) is 2.88. The molecule has 0 heterocycles. The molecule has 2 unspecified atom stereocenters. The number of rotatable bonds is 5. The maximum atomic E-state index is 13.4. The Bertz CT molecular complexity index is 793. The van der Waals surface area contributed by atoms with Crippen molar-refractivity contribution in [1.82, 2.24) is 0 Å². The number of hydrogen-bond acceptors (Lipinski definition) is 2. The first kappa shape index (κ1) is 19.8. The Morgan fingerprint density at radius 1 is 1.08 bits per heavy atom. The summed E-state index contributed by atoms with van der Waals surface area (Å²) >= 11 is 5.71. The Kier molecular flexibility index (Phi) is 5.87. The van der Waals surface area contributed by atoms with E-state index in [9.17, 15) is 17.7 Å². The lowest BCUT2D eigenvalue weighted by atomic mass is 10.1. The summed E-state index contributed by atoms with van der Waals surface area (Å²) in [6.45, 7) is 4.88. The standard InChI is InChI=1S/C17H18ClF3NO2P/c1-11-4-9-15(10-12(11)2)22-25(3,23)24-16(17(19,20)21)13-5-7-14(18)8-6-13/h4-10,16H,1-3H3,(H,22,23).